The molecule has 5 nitrogen and oxygen atoms in total. The predicted molar refractivity (Wildman–Crippen MR) is 82.0 cm³/mol. The number of hydrogen-bond acceptors (Lipinski definition) is 3. The molecule has 2 unspecified atom stereocenters. The molecule has 0 radical (unpaired) electrons. The van der Waals surface area contributed by atoms with Crippen molar-refractivity contribution in [1.82, 2.24) is 20.0 Å². The van der Waals surface area contributed by atoms with E-state index >= 15 is 0 Å². The number of likely N-dealkylation sites (tertiary alicyclic amines) is 1. The quantitative estimate of drug-likeness (QED) is 0.902. The Bertz CT molecular complexity index is 531. The van der Waals surface area contributed by atoms with Crippen LogP contribution in [0.1, 0.15) is 48.7 Å². The number of rotatable bonds is 2. The van der Waals surface area contributed by atoms with Crippen LogP contribution >= 0.6 is 0 Å². The number of aromatic nitrogens is 2. The fraction of sp³-hybridized carbons (Fsp3) is 0.750. The van der Waals surface area contributed by atoms with Crippen LogP contribution in [0.4, 0.5) is 0 Å². The van der Waals surface area contributed by atoms with Gasteiger partial charge >= 0.3 is 0 Å². The molecule has 0 saturated carbocycles. The Hall–Kier alpha value is -1.36. The fourth-order valence-electron chi connectivity index (χ4n) is 3.90. The van der Waals surface area contributed by atoms with Gasteiger partial charge in [0.05, 0.1) is 17.7 Å². The van der Waals surface area contributed by atoms with Crippen LogP contribution in [0.3, 0.4) is 0 Å². The molecule has 21 heavy (non-hydrogen) atoms. The maximum Gasteiger partial charge on any atom is 0.227 e. The summed E-state index contributed by atoms with van der Waals surface area (Å²) in [6.07, 6.45) is 4.31. The molecule has 5 heteroatoms. The van der Waals surface area contributed by atoms with Crippen LogP contribution in [-0.4, -0.2) is 40.2 Å². The second-order valence-corrected chi connectivity index (χ2v) is 6.44. The Kier molecular flexibility index (Phi) is 4.02. The standard InChI is InChI=1S/C16H26N4O/c1-11-15(12(2)19(3)18-11)14-7-5-9-20(14)16(21)13-6-4-8-17-10-13/h13-14,17H,4-10H2,1-3H3. The minimum absolute atomic E-state index is 0.164. The van der Waals surface area contributed by atoms with Gasteiger partial charge in [-0.3, -0.25) is 9.48 Å². The molecule has 1 aromatic heterocycles. The van der Waals surface area contributed by atoms with E-state index in [1.165, 1.54) is 11.3 Å². The highest BCUT2D eigenvalue weighted by Gasteiger charge is 2.36. The summed E-state index contributed by atoms with van der Waals surface area (Å²) < 4.78 is 1.94. The fourth-order valence-corrected chi connectivity index (χ4v) is 3.90. The molecule has 1 aromatic rings. The Morgan fingerprint density at radius 2 is 2.10 bits per heavy atom. The van der Waals surface area contributed by atoms with Gasteiger partial charge in [0.1, 0.15) is 0 Å². The second kappa shape index (κ2) is 5.79. The van der Waals surface area contributed by atoms with Gasteiger partial charge in [-0.05, 0) is 46.1 Å². The van der Waals surface area contributed by atoms with Crippen molar-refractivity contribution in [1.29, 1.82) is 0 Å². The second-order valence-electron chi connectivity index (χ2n) is 6.44. The topological polar surface area (TPSA) is 50.2 Å². The molecule has 0 aromatic carbocycles. The van der Waals surface area contributed by atoms with E-state index in [-0.39, 0.29) is 12.0 Å². The number of amides is 1. The molecule has 0 spiro atoms. The van der Waals surface area contributed by atoms with Crippen molar-refractivity contribution in [3.63, 3.8) is 0 Å². The molecule has 2 aliphatic heterocycles. The van der Waals surface area contributed by atoms with E-state index in [2.05, 4.69) is 29.2 Å². The van der Waals surface area contributed by atoms with Crippen molar-refractivity contribution in [3.8, 4) is 0 Å². The Morgan fingerprint density at radius 3 is 2.71 bits per heavy atom. The van der Waals surface area contributed by atoms with Crippen molar-refractivity contribution in [2.45, 2.75) is 45.6 Å². The lowest BCUT2D eigenvalue weighted by atomic mass is 9.96. The SMILES string of the molecule is Cc1nn(C)c(C)c1C1CCCN1C(=O)C1CCCNC1. The zero-order valence-electron chi connectivity index (χ0n) is 13.4. The number of nitrogens with zero attached hydrogens (tertiary/aromatic N) is 3. The normalized spacial score (nSPS) is 26.3. The molecular formula is C16H26N4O. The van der Waals surface area contributed by atoms with E-state index in [1.807, 2.05) is 11.7 Å². The average Bonchev–Trinajstić information content (AvgIpc) is 3.05. The van der Waals surface area contributed by atoms with Crippen LogP contribution in [0.15, 0.2) is 0 Å². The van der Waals surface area contributed by atoms with Crippen molar-refractivity contribution in [2.24, 2.45) is 13.0 Å². The molecule has 2 atom stereocenters. The van der Waals surface area contributed by atoms with Crippen LogP contribution in [0.25, 0.3) is 0 Å². The molecule has 0 aliphatic carbocycles. The van der Waals surface area contributed by atoms with Gasteiger partial charge in [-0.15, -0.1) is 0 Å². The Morgan fingerprint density at radius 1 is 1.29 bits per heavy atom. The van der Waals surface area contributed by atoms with Crippen LogP contribution in [0, 0.1) is 19.8 Å². The third-order valence-corrected chi connectivity index (χ3v) is 5.08. The van der Waals surface area contributed by atoms with Gasteiger partial charge in [-0.25, -0.2) is 0 Å². The van der Waals surface area contributed by atoms with Crippen LogP contribution in [0.5, 0.6) is 0 Å². The minimum Gasteiger partial charge on any atom is -0.335 e. The number of carbonyl (C=O) groups is 1. The summed E-state index contributed by atoms with van der Waals surface area (Å²) in [6.45, 7) is 6.96. The number of aryl methyl sites for hydroxylation is 2. The molecule has 3 rings (SSSR count). The summed E-state index contributed by atoms with van der Waals surface area (Å²) >= 11 is 0. The number of piperidine rings is 1. The maximum absolute atomic E-state index is 12.9. The summed E-state index contributed by atoms with van der Waals surface area (Å²) in [5.41, 5.74) is 3.53. The first-order chi connectivity index (χ1) is 10.1. The van der Waals surface area contributed by atoms with Gasteiger partial charge in [-0.1, -0.05) is 0 Å². The molecule has 2 saturated heterocycles. The number of hydrogen-bond donors (Lipinski definition) is 1. The van der Waals surface area contributed by atoms with Gasteiger partial charge in [0.25, 0.3) is 0 Å². The third-order valence-electron chi connectivity index (χ3n) is 5.08. The summed E-state index contributed by atoms with van der Waals surface area (Å²) in [5, 5.41) is 7.88. The zero-order valence-corrected chi connectivity index (χ0v) is 13.4. The Labute approximate surface area is 126 Å². The minimum atomic E-state index is 0.164. The van der Waals surface area contributed by atoms with E-state index < -0.39 is 0 Å². The summed E-state index contributed by atoms with van der Waals surface area (Å²) in [7, 11) is 1.98. The van der Waals surface area contributed by atoms with E-state index in [9.17, 15) is 4.79 Å². The van der Waals surface area contributed by atoms with Crippen molar-refractivity contribution >= 4 is 5.91 Å². The van der Waals surface area contributed by atoms with Gasteiger partial charge < -0.3 is 10.2 Å². The lowest BCUT2D eigenvalue weighted by Gasteiger charge is -2.31. The smallest absolute Gasteiger partial charge is 0.227 e. The third kappa shape index (κ3) is 2.59. The van der Waals surface area contributed by atoms with Gasteiger partial charge in [0.2, 0.25) is 5.91 Å². The summed E-state index contributed by atoms with van der Waals surface area (Å²) in [5.74, 6) is 0.504. The lowest BCUT2D eigenvalue weighted by Crippen LogP contribution is -2.42. The molecule has 116 valence electrons. The maximum atomic E-state index is 12.9. The van der Waals surface area contributed by atoms with Crippen molar-refractivity contribution < 1.29 is 4.79 Å². The van der Waals surface area contributed by atoms with Gasteiger partial charge in [0.15, 0.2) is 0 Å². The number of carbonyl (C=O) groups excluding carboxylic acids is 1. The highest BCUT2D eigenvalue weighted by molar-refractivity contribution is 5.80. The summed E-state index contributed by atoms with van der Waals surface area (Å²) in [4.78, 5) is 15.0. The molecule has 3 heterocycles. The first kappa shape index (κ1) is 14.6. The molecular weight excluding hydrogens is 264 g/mol. The summed E-state index contributed by atoms with van der Waals surface area (Å²) in [6, 6.07) is 0.230. The molecule has 1 N–H and O–H groups in total. The molecule has 0 bridgehead atoms. The van der Waals surface area contributed by atoms with E-state index in [4.69, 9.17) is 0 Å². The lowest BCUT2D eigenvalue weighted by molar-refractivity contribution is -0.137. The zero-order chi connectivity index (χ0) is 15.0. The average molecular weight is 290 g/mol. The molecule has 2 aliphatic rings. The monoisotopic (exact) mass is 290 g/mol. The van der Waals surface area contributed by atoms with Gasteiger partial charge in [0, 0.05) is 31.4 Å². The molecule has 1 amide bonds. The largest absolute Gasteiger partial charge is 0.335 e. The number of nitrogens with one attached hydrogen (secondary N) is 1. The first-order valence-corrected chi connectivity index (χ1v) is 8.11. The highest BCUT2D eigenvalue weighted by Crippen LogP contribution is 2.36. The predicted octanol–water partition coefficient (Wildman–Crippen LogP) is 1.70. The van der Waals surface area contributed by atoms with Crippen molar-refractivity contribution in [2.75, 3.05) is 19.6 Å². The van der Waals surface area contributed by atoms with E-state index in [1.54, 1.807) is 0 Å². The Balaban J connectivity index is 1.83. The van der Waals surface area contributed by atoms with E-state index in [0.29, 0.717) is 5.91 Å². The van der Waals surface area contributed by atoms with Crippen LogP contribution in [0.2, 0.25) is 0 Å². The first-order valence-electron chi connectivity index (χ1n) is 8.11. The molecule has 2 fully saturated rings. The van der Waals surface area contributed by atoms with Crippen molar-refractivity contribution in [3.05, 3.63) is 17.0 Å². The highest BCUT2D eigenvalue weighted by atomic mass is 16.2. The van der Waals surface area contributed by atoms with E-state index in [0.717, 1.165) is 51.0 Å². The van der Waals surface area contributed by atoms with Gasteiger partial charge in [-0.2, -0.15) is 5.10 Å². The van der Waals surface area contributed by atoms with Crippen LogP contribution < -0.4 is 5.32 Å². The van der Waals surface area contributed by atoms with Crippen LogP contribution in [-0.2, 0) is 11.8 Å².